The summed E-state index contributed by atoms with van der Waals surface area (Å²) in [5.41, 5.74) is 3.06. The van der Waals surface area contributed by atoms with Gasteiger partial charge in [-0.2, -0.15) is 5.10 Å². The molecule has 1 aliphatic heterocycles. The fourth-order valence-corrected chi connectivity index (χ4v) is 3.15. The third-order valence-electron chi connectivity index (χ3n) is 4.25. The van der Waals surface area contributed by atoms with Crippen molar-refractivity contribution in [3.05, 3.63) is 48.3 Å². The van der Waals surface area contributed by atoms with Gasteiger partial charge < -0.3 is 0 Å². The highest BCUT2D eigenvalue weighted by Crippen LogP contribution is 2.27. The van der Waals surface area contributed by atoms with Crippen molar-refractivity contribution in [2.24, 2.45) is 0 Å². The van der Waals surface area contributed by atoms with Gasteiger partial charge in [0.05, 0.1) is 11.9 Å². The molecule has 1 N–H and O–H groups in total. The van der Waals surface area contributed by atoms with Crippen LogP contribution in [-0.4, -0.2) is 43.1 Å². The third kappa shape index (κ3) is 2.69. The Bertz CT molecular complexity index is 753. The number of hydrogen-bond acceptors (Lipinski definition) is 5. The van der Waals surface area contributed by atoms with Crippen molar-refractivity contribution in [1.82, 2.24) is 30.0 Å². The molecule has 6 nitrogen and oxygen atoms in total. The van der Waals surface area contributed by atoms with Crippen molar-refractivity contribution in [3.8, 4) is 0 Å². The fraction of sp³-hybridized carbons (Fsp3) is 0.375. The average molecular weight is 294 g/mol. The number of hydrogen-bond donors (Lipinski definition) is 1. The van der Waals surface area contributed by atoms with E-state index in [9.17, 15) is 0 Å². The Kier molecular flexibility index (Phi) is 3.52. The van der Waals surface area contributed by atoms with Gasteiger partial charge in [0.25, 0.3) is 0 Å². The minimum atomic E-state index is 0.470. The van der Waals surface area contributed by atoms with Gasteiger partial charge >= 0.3 is 0 Å². The zero-order valence-electron chi connectivity index (χ0n) is 12.3. The van der Waals surface area contributed by atoms with Crippen molar-refractivity contribution < 1.29 is 0 Å². The largest absolute Gasteiger partial charge is 0.297 e. The van der Waals surface area contributed by atoms with Crippen LogP contribution in [0.15, 0.2) is 36.9 Å². The quantitative estimate of drug-likeness (QED) is 0.801. The van der Waals surface area contributed by atoms with E-state index in [0.717, 1.165) is 42.1 Å². The molecule has 0 bridgehead atoms. The molecular weight excluding hydrogens is 276 g/mol. The Labute approximate surface area is 128 Å². The van der Waals surface area contributed by atoms with Gasteiger partial charge in [-0.05, 0) is 31.5 Å². The molecule has 6 heteroatoms. The molecule has 0 aromatic carbocycles. The number of rotatable bonds is 3. The Balaban J connectivity index is 1.50. The summed E-state index contributed by atoms with van der Waals surface area (Å²) in [6, 6.07) is 4.23. The highest BCUT2D eigenvalue weighted by Gasteiger charge is 2.23. The van der Waals surface area contributed by atoms with Crippen LogP contribution in [0.25, 0.3) is 11.0 Å². The van der Waals surface area contributed by atoms with Crippen molar-refractivity contribution >= 4 is 11.0 Å². The van der Waals surface area contributed by atoms with Crippen LogP contribution >= 0.6 is 0 Å². The Morgan fingerprint density at radius 2 is 2.23 bits per heavy atom. The predicted molar refractivity (Wildman–Crippen MR) is 83.2 cm³/mol. The van der Waals surface area contributed by atoms with Crippen LogP contribution in [0, 0.1) is 0 Å². The second kappa shape index (κ2) is 5.81. The van der Waals surface area contributed by atoms with Gasteiger partial charge in [0, 0.05) is 48.7 Å². The number of fused-ring (bicyclic) bond motifs is 1. The average Bonchev–Trinajstić information content (AvgIpc) is 3.04. The van der Waals surface area contributed by atoms with E-state index >= 15 is 0 Å². The smallest absolute Gasteiger partial charge is 0.155 e. The Hall–Kier alpha value is -2.34. The molecule has 0 spiro atoms. The normalized spacial score (nSPS) is 19.5. The van der Waals surface area contributed by atoms with Gasteiger partial charge in [-0.15, -0.1) is 0 Å². The maximum absolute atomic E-state index is 4.73. The lowest BCUT2D eigenvalue weighted by Crippen LogP contribution is -2.34. The second-order valence-corrected chi connectivity index (χ2v) is 5.81. The zero-order chi connectivity index (χ0) is 14.8. The molecule has 112 valence electrons. The first-order valence-corrected chi connectivity index (χ1v) is 7.66. The lowest BCUT2D eigenvalue weighted by atomic mass is 9.94. The summed E-state index contributed by atoms with van der Waals surface area (Å²) in [7, 11) is 0. The molecule has 1 atom stereocenters. The molecule has 1 saturated heterocycles. The van der Waals surface area contributed by atoms with Gasteiger partial charge in [0.2, 0.25) is 0 Å². The lowest BCUT2D eigenvalue weighted by molar-refractivity contribution is 0.196. The first-order chi connectivity index (χ1) is 10.9. The lowest BCUT2D eigenvalue weighted by Gasteiger charge is -2.32. The summed E-state index contributed by atoms with van der Waals surface area (Å²) in [4.78, 5) is 15.7. The molecular formula is C16H18N6. The summed E-state index contributed by atoms with van der Waals surface area (Å²) in [5, 5.41) is 8.07. The molecule has 3 aromatic rings. The summed E-state index contributed by atoms with van der Waals surface area (Å²) < 4.78 is 0. The maximum atomic E-state index is 4.73. The number of pyridine rings is 1. The minimum Gasteiger partial charge on any atom is -0.297 e. The summed E-state index contributed by atoms with van der Waals surface area (Å²) in [6.07, 6.45) is 9.50. The maximum Gasteiger partial charge on any atom is 0.155 e. The van der Waals surface area contributed by atoms with Gasteiger partial charge in [-0.1, -0.05) is 0 Å². The Morgan fingerprint density at radius 1 is 1.23 bits per heavy atom. The topological polar surface area (TPSA) is 70.6 Å². The number of aromatic amines is 1. The van der Waals surface area contributed by atoms with E-state index in [0.29, 0.717) is 5.92 Å². The van der Waals surface area contributed by atoms with E-state index < -0.39 is 0 Å². The van der Waals surface area contributed by atoms with Crippen LogP contribution in [0.2, 0.25) is 0 Å². The zero-order valence-corrected chi connectivity index (χ0v) is 12.3. The van der Waals surface area contributed by atoms with Gasteiger partial charge in [0.1, 0.15) is 0 Å². The highest BCUT2D eigenvalue weighted by molar-refractivity contribution is 5.73. The molecule has 0 aliphatic carbocycles. The van der Waals surface area contributed by atoms with Gasteiger partial charge in [-0.25, -0.2) is 4.98 Å². The van der Waals surface area contributed by atoms with E-state index in [1.54, 1.807) is 12.4 Å². The first kappa shape index (κ1) is 13.3. The fourth-order valence-electron chi connectivity index (χ4n) is 3.15. The summed E-state index contributed by atoms with van der Waals surface area (Å²) in [6.45, 7) is 2.99. The van der Waals surface area contributed by atoms with E-state index in [1.807, 2.05) is 12.4 Å². The molecule has 0 unspecified atom stereocenters. The van der Waals surface area contributed by atoms with E-state index in [4.69, 9.17) is 4.98 Å². The second-order valence-electron chi connectivity index (χ2n) is 5.81. The summed E-state index contributed by atoms with van der Waals surface area (Å²) in [5.74, 6) is 0.470. The van der Waals surface area contributed by atoms with Crippen LogP contribution in [-0.2, 0) is 6.54 Å². The van der Waals surface area contributed by atoms with Crippen LogP contribution in [0.5, 0.6) is 0 Å². The predicted octanol–water partition coefficient (Wildman–Crippen LogP) is 2.13. The van der Waals surface area contributed by atoms with Gasteiger partial charge in [0.15, 0.2) is 5.65 Å². The SMILES string of the molecule is c1cnc(CN2CCC[C@@H](c3ccc4cn[nH]c4n3)C2)cn1. The monoisotopic (exact) mass is 294 g/mol. The number of likely N-dealkylation sites (tertiary alicyclic amines) is 1. The van der Waals surface area contributed by atoms with Crippen LogP contribution in [0.1, 0.15) is 30.1 Å². The van der Waals surface area contributed by atoms with Crippen molar-refractivity contribution in [3.63, 3.8) is 0 Å². The molecule has 22 heavy (non-hydrogen) atoms. The molecule has 0 radical (unpaired) electrons. The molecule has 1 aliphatic rings. The minimum absolute atomic E-state index is 0.470. The van der Waals surface area contributed by atoms with E-state index in [1.165, 1.54) is 12.8 Å². The van der Waals surface area contributed by atoms with Crippen LogP contribution < -0.4 is 0 Å². The highest BCUT2D eigenvalue weighted by atomic mass is 15.2. The first-order valence-electron chi connectivity index (χ1n) is 7.66. The number of nitrogens with zero attached hydrogens (tertiary/aromatic N) is 5. The van der Waals surface area contributed by atoms with Gasteiger partial charge in [-0.3, -0.25) is 20.0 Å². The van der Waals surface area contributed by atoms with Crippen LogP contribution in [0.3, 0.4) is 0 Å². The molecule has 4 rings (SSSR count). The Morgan fingerprint density at radius 3 is 3.14 bits per heavy atom. The van der Waals surface area contributed by atoms with Crippen molar-refractivity contribution in [1.29, 1.82) is 0 Å². The third-order valence-corrected chi connectivity index (χ3v) is 4.25. The number of piperidine rings is 1. The molecule has 4 heterocycles. The molecule has 0 amide bonds. The van der Waals surface area contributed by atoms with Crippen molar-refractivity contribution in [2.45, 2.75) is 25.3 Å². The number of nitrogens with one attached hydrogen (secondary N) is 1. The van der Waals surface area contributed by atoms with E-state index in [2.05, 4.69) is 37.2 Å². The molecule has 3 aromatic heterocycles. The van der Waals surface area contributed by atoms with E-state index in [-0.39, 0.29) is 0 Å². The number of aromatic nitrogens is 5. The number of H-pyrrole nitrogens is 1. The van der Waals surface area contributed by atoms with Crippen LogP contribution in [0.4, 0.5) is 0 Å². The van der Waals surface area contributed by atoms with Crippen molar-refractivity contribution in [2.75, 3.05) is 13.1 Å². The molecule has 1 fully saturated rings. The summed E-state index contributed by atoms with van der Waals surface area (Å²) >= 11 is 0. The molecule has 0 saturated carbocycles. The standard InChI is InChI=1S/C16H18N6/c1-2-13(15-4-3-12-8-19-21-16(12)20-15)10-22(7-1)11-14-9-17-5-6-18-14/h3-6,8-9,13H,1-2,7,10-11H2,(H,19,20,21)/t13-/m1/s1.